The van der Waals surface area contributed by atoms with Crippen LogP contribution in [0.15, 0.2) is 87.4 Å². The predicted octanol–water partition coefficient (Wildman–Crippen LogP) is 7.51. The summed E-state index contributed by atoms with van der Waals surface area (Å²) in [7, 11) is -6.44. The van der Waals surface area contributed by atoms with Crippen molar-refractivity contribution in [3.05, 3.63) is 82.5 Å². The van der Waals surface area contributed by atoms with Gasteiger partial charge in [-0.1, -0.05) is 46.9 Å². The molecule has 6 rings (SSSR count). The maximum atomic E-state index is 11.6. The van der Waals surface area contributed by atoms with E-state index in [4.69, 9.17) is 21.1 Å². The molecule has 14 nitrogen and oxygen atoms in total. The van der Waals surface area contributed by atoms with Crippen molar-refractivity contribution in [2.24, 2.45) is 0 Å². The van der Waals surface area contributed by atoms with Crippen molar-refractivity contribution in [3.8, 4) is 27.7 Å². The van der Waals surface area contributed by atoms with Gasteiger partial charge in [0.1, 0.15) is 15.2 Å². The number of H-pyrrole nitrogens is 1. The molecule has 0 bridgehead atoms. The molecule has 1 N–H and O–H groups in total. The van der Waals surface area contributed by atoms with Crippen molar-refractivity contribution >= 4 is 86.2 Å². The maximum Gasteiger partial charge on any atom is 0.516 e. The van der Waals surface area contributed by atoms with E-state index in [1.54, 1.807) is 100 Å². The quantitative estimate of drug-likeness (QED) is 0.123. The number of fused-ring (bicyclic) bond motifs is 2. The van der Waals surface area contributed by atoms with Crippen LogP contribution in [0.5, 0.6) is 5.19 Å². The molecule has 19 heteroatoms. The number of rotatable bonds is 7. The number of carbonyl (C=O) groups excluding carboxylic acids is 2. The zero-order chi connectivity index (χ0) is 39.1. The molecule has 0 amide bonds. The first-order valence-electron chi connectivity index (χ1n) is 15.4. The molecule has 0 unspecified atom stereocenters. The first-order valence-corrected chi connectivity index (χ1v) is 21.2. The van der Waals surface area contributed by atoms with E-state index < -0.39 is 31.3 Å². The van der Waals surface area contributed by atoms with Gasteiger partial charge in [-0.15, -0.1) is 0 Å². The number of ether oxygens (including phenoxy) is 3. The molecule has 0 fully saturated rings. The van der Waals surface area contributed by atoms with Gasteiger partial charge in [-0.05, 0) is 76.2 Å². The zero-order valence-electron chi connectivity index (χ0n) is 29.0. The second-order valence-corrected chi connectivity index (χ2v) is 17.8. The van der Waals surface area contributed by atoms with Crippen molar-refractivity contribution in [2.45, 2.75) is 49.7 Å². The van der Waals surface area contributed by atoms with Gasteiger partial charge in [-0.3, -0.25) is 4.79 Å². The molecule has 4 heterocycles. The fourth-order valence-corrected chi connectivity index (χ4v) is 7.15. The fourth-order valence-electron chi connectivity index (χ4n) is 4.22. The Morgan fingerprint density at radius 3 is 1.62 bits per heavy atom. The van der Waals surface area contributed by atoms with Crippen LogP contribution in [0.2, 0.25) is 0 Å². The van der Waals surface area contributed by atoms with Crippen molar-refractivity contribution < 1.29 is 40.6 Å². The Bertz CT molecular complexity index is 2510. The van der Waals surface area contributed by atoms with Crippen LogP contribution < -0.4 is 9.61 Å². The van der Waals surface area contributed by atoms with Crippen molar-refractivity contribution in [2.75, 3.05) is 12.5 Å². The summed E-state index contributed by atoms with van der Waals surface area (Å²) in [5.41, 5.74) is 3.50. The minimum atomic E-state index is -3.24. The first kappa shape index (κ1) is 41.0. The Balaban J connectivity index is 0.000000205. The van der Waals surface area contributed by atoms with Crippen molar-refractivity contribution in [1.82, 2.24) is 19.9 Å². The van der Waals surface area contributed by atoms with Crippen LogP contribution in [-0.4, -0.2) is 73.1 Å². The smallest absolute Gasteiger partial charge is 0.451 e. The molecular formula is C34H33ClN4O10S4. The number of aromatic amines is 1. The lowest BCUT2D eigenvalue weighted by atomic mass is 10.1. The van der Waals surface area contributed by atoms with Gasteiger partial charge in [0.15, 0.2) is 19.7 Å². The second-order valence-electron chi connectivity index (χ2n) is 11.6. The number of hydrogen-bond donors (Lipinski definition) is 1. The Kier molecular flexibility index (Phi) is 13.5. The second kappa shape index (κ2) is 17.4. The third kappa shape index (κ3) is 12.1. The van der Waals surface area contributed by atoms with Crippen LogP contribution in [-0.2, 0) is 29.1 Å². The molecule has 280 valence electrons. The summed E-state index contributed by atoms with van der Waals surface area (Å²) in [5.74, 6) is 0. The van der Waals surface area contributed by atoms with Crippen LogP contribution in [0.25, 0.3) is 43.2 Å². The molecule has 0 radical (unpaired) electrons. The minimum Gasteiger partial charge on any atom is -0.451 e. The van der Waals surface area contributed by atoms with Crippen LogP contribution in [0, 0.1) is 0 Å². The fraction of sp³-hybridized carbons (Fsp3) is 0.235. The van der Waals surface area contributed by atoms with Gasteiger partial charge in [0, 0.05) is 35.2 Å². The van der Waals surface area contributed by atoms with Crippen LogP contribution in [0.4, 0.5) is 9.59 Å². The van der Waals surface area contributed by atoms with Gasteiger partial charge in [-0.25, -0.2) is 41.4 Å². The number of pyridine rings is 2. The van der Waals surface area contributed by atoms with E-state index >= 15 is 0 Å². The summed E-state index contributed by atoms with van der Waals surface area (Å²) in [5, 5.41) is 0.155. The summed E-state index contributed by atoms with van der Waals surface area (Å²) in [6.07, 6.45) is 1.14. The van der Waals surface area contributed by atoms with Crippen molar-refractivity contribution in [1.29, 1.82) is 0 Å². The van der Waals surface area contributed by atoms with Gasteiger partial charge < -0.3 is 19.2 Å². The van der Waals surface area contributed by atoms with E-state index in [1.165, 1.54) is 6.26 Å². The summed E-state index contributed by atoms with van der Waals surface area (Å²) in [6.45, 7) is 6.92. The Morgan fingerprint density at radius 1 is 0.679 bits per heavy atom. The molecule has 0 aliphatic rings. The molecule has 53 heavy (non-hydrogen) atoms. The van der Waals surface area contributed by atoms with Gasteiger partial charge in [0.2, 0.25) is 0 Å². The largest absolute Gasteiger partial charge is 0.516 e. The van der Waals surface area contributed by atoms with E-state index in [2.05, 4.69) is 24.7 Å². The Labute approximate surface area is 317 Å². The minimum absolute atomic E-state index is 0.106. The first-order chi connectivity index (χ1) is 24.8. The molecule has 2 aromatic carbocycles. The lowest BCUT2D eigenvalue weighted by Gasteiger charge is -2.05. The number of aromatic nitrogens is 4. The standard InChI is InChI=1S/C17H16N2O5S2.C13H10N2O3S2.C4H7ClO2/c1-10(2)23-17(20)24-16-19-14-9-8-13(18-15(14)25-16)11-4-6-12(7-5-11)26(3,21)22;1-20(17,18)9-4-2-8(3-5-9)10-6-7-11-12(14-10)19-13(16)15-11;1-3(2)7-4(5)6/h4-10H,1-3H3;2-7H,1H3,(H,15,16);3H,1-2H3. The van der Waals surface area contributed by atoms with E-state index in [-0.39, 0.29) is 32.1 Å². The van der Waals surface area contributed by atoms with Crippen LogP contribution in [0.1, 0.15) is 27.7 Å². The molecule has 0 aliphatic carbocycles. The van der Waals surface area contributed by atoms with E-state index in [9.17, 15) is 31.2 Å². The summed E-state index contributed by atoms with van der Waals surface area (Å²) in [6, 6.07) is 20.1. The molecule has 0 spiro atoms. The summed E-state index contributed by atoms with van der Waals surface area (Å²) >= 11 is 6.99. The van der Waals surface area contributed by atoms with Crippen LogP contribution in [0.3, 0.4) is 0 Å². The highest BCUT2D eigenvalue weighted by Crippen LogP contribution is 2.30. The third-order valence-electron chi connectivity index (χ3n) is 6.51. The third-order valence-corrected chi connectivity index (χ3v) is 10.5. The molecule has 0 aliphatic heterocycles. The van der Waals surface area contributed by atoms with Gasteiger partial charge in [0.05, 0.1) is 38.9 Å². The lowest BCUT2D eigenvalue weighted by Crippen LogP contribution is -2.15. The Hall–Kier alpha value is -4.75. The highest BCUT2D eigenvalue weighted by molar-refractivity contribution is 7.91. The zero-order valence-corrected chi connectivity index (χ0v) is 33.0. The topological polar surface area (TPSA) is 202 Å². The molecule has 0 saturated heterocycles. The van der Waals surface area contributed by atoms with E-state index in [0.717, 1.165) is 40.1 Å². The molecule has 0 atom stereocenters. The number of hydrogen-bond acceptors (Lipinski definition) is 15. The van der Waals surface area contributed by atoms with Gasteiger partial charge in [-0.2, -0.15) is 0 Å². The lowest BCUT2D eigenvalue weighted by molar-refractivity contribution is 0.0728. The summed E-state index contributed by atoms with van der Waals surface area (Å²) < 4.78 is 60.2. The monoisotopic (exact) mass is 820 g/mol. The Morgan fingerprint density at radius 2 is 1.17 bits per heavy atom. The SMILES string of the molecule is CC(C)OC(=O)Cl.CC(C)OC(=O)Oc1nc2ccc(-c3ccc(S(C)(=O)=O)cc3)nc2s1.CS(=O)(=O)c1ccc(-c2ccc3[nH]c(=O)sc3n2)cc1. The number of nitrogens with one attached hydrogen (secondary N) is 1. The molecule has 6 aromatic rings. The molecule has 4 aromatic heterocycles. The number of halogens is 1. The highest BCUT2D eigenvalue weighted by atomic mass is 35.5. The molecule has 0 saturated carbocycles. The van der Waals surface area contributed by atoms with Crippen molar-refractivity contribution in [3.63, 3.8) is 0 Å². The number of nitrogens with zero attached hydrogens (tertiary/aromatic N) is 3. The highest BCUT2D eigenvalue weighted by Gasteiger charge is 2.15. The van der Waals surface area contributed by atoms with E-state index in [0.29, 0.717) is 32.1 Å². The van der Waals surface area contributed by atoms with Gasteiger partial charge in [0.25, 0.3) is 5.19 Å². The average molecular weight is 821 g/mol. The van der Waals surface area contributed by atoms with Crippen LogP contribution >= 0.6 is 34.3 Å². The molecular weight excluding hydrogens is 788 g/mol. The van der Waals surface area contributed by atoms with E-state index in [1.807, 2.05) is 0 Å². The number of thiazole rings is 2. The number of sulfone groups is 2. The number of carbonyl (C=O) groups is 2. The maximum absolute atomic E-state index is 11.6. The summed E-state index contributed by atoms with van der Waals surface area (Å²) in [4.78, 5) is 50.0. The normalized spacial score (nSPS) is 11.4. The van der Waals surface area contributed by atoms with Gasteiger partial charge >= 0.3 is 16.5 Å². The average Bonchev–Trinajstić information content (AvgIpc) is 3.64. The predicted molar refractivity (Wildman–Crippen MR) is 204 cm³/mol. The number of benzene rings is 2.